The number of hydrogen-bond donors (Lipinski definition) is 0. The van der Waals surface area contributed by atoms with E-state index in [9.17, 15) is 4.79 Å². The molecule has 0 saturated heterocycles. The number of carbonyl (C=O) groups excluding carboxylic acids is 1. The number of carbonyl (C=O) groups is 1. The van der Waals surface area contributed by atoms with Crippen LogP contribution in [0, 0.1) is 0 Å². The van der Waals surface area contributed by atoms with Crippen LogP contribution in [0.1, 0.15) is 26.3 Å². The number of benzene rings is 1. The minimum Gasteiger partial charge on any atom is -0.308 e. The molecule has 1 aromatic carbocycles. The zero-order valence-corrected chi connectivity index (χ0v) is 17.3. The van der Waals surface area contributed by atoms with Crippen LogP contribution in [0.2, 0.25) is 0 Å². The number of hydrogen-bond acceptors (Lipinski definition) is 5. The Bertz CT molecular complexity index is 951. The summed E-state index contributed by atoms with van der Waals surface area (Å²) in [7, 11) is 0. The first-order valence-electron chi connectivity index (χ1n) is 9.14. The fourth-order valence-corrected chi connectivity index (χ4v) is 5.23. The zero-order valence-electron chi connectivity index (χ0n) is 15.6. The molecule has 3 aromatic rings. The number of rotatable bonds is 5. The van der Waals surface area contributed by atoms with Gasteiger partial charge in [0.1, 0.15) is 0 Å². The van der Waals surface area contributed by atoms with Crippen LogP contribution in [-0.2, 0) is 17.8 Å². The topological polar surface area (TPSA) is 51.0 Å². The number of para-hydroxylation sites is 1. The predicted octanol–water partition coefficient (Wildman–Crippen LogP) is 4.48. The minimum absolute atomic E-state index is 0.126. The van der Waals surface area contributed by atoms with Gasteiger partial charge >= 0.3 is 0 Å². The summed E-state index contributed by atoms with van der Waals surface area (Å²) in [5.74, 6) is 0.996. The van der Waals surface area contributed by atoms with Crippen molar-refractivity contribution in [3.8, 4) is 10.7 Å². The van der Waals surface area contributed by atoms with Crippen molar-refractivity contribution in [3.05, 3.63) is 47.3 Å². The molecule has 3 heterocycles. The summed E-state index contributed by atoms with van der Waals surface area (Å²) < 4.78 is 2.08. The first kappa shape index (κ1) is 18.3. The quantitative estimate of drug-likeness (QED) is 0.595. The maximum atomic E-state index is 13.2. The van der Waals surface area contributed by atoms with Gasteiger partial charge in [-0.1, -0.05) is 36.0 Å². The van der Waals surface area contributed by atoms with E-state index >= 15 is 0 Å². The molecule has 2 atom stereocenters. The third kappa shape index (κ3) is 3.30. The third-order valence-corrected chi connectivity index (χ3v) is 6.78. The van der Waals surface area contributed by atoms with E-state index in [1.54, 1.807) is 11.3 Å². The van der Waals surface area contributed by atoms with Gasteiger partial charge in [0, 0.05) is 18.3 Å². The lowest BCUT2D eigenvalue weighted by Crippen LogP contribution is -2.40. The average Bonchev–Trinajstić information content (AvgIpc) is 3.38. The van der Waals surface area contributed by atoms with Crippen molar-refractivity contribution >= 4 is 34.7 Å². The summed E-state index contributed by atoms with van der Waals surface area (Å²) in [5.41, 5.74) is 2.28. The monoisotopic (exact) mass is 398 g/mol. The van der Waals surface area contributed by atoms with Crippen LogP contribution in [0.25, 0.3) is 10.7 Å². The Morgan fingerprint density at radius 1 is 1.30 bits per heavy atom. The maximum absolute atomic E-state index is 13.2. The van der Waals surface area contributed by atoms with E-state index in [4.69, 9.17) is 0 Å². The molecule has 1 aliphatic heterocycles. The van der Waals surface area contributed by atoms with E-state index in [1.165, 1.54) is 17.3 Å². The Balaban J connectivity index is 1.56. The molecule has 0 fully saturated rings. The Hall–Kier alpha value is -2.12. The second-order valence-electron chi connectivity index (χ2n) is 6.68. The van der Waals surface area contributed by atoms with Crippen molar-refractivity contribution in [2.75, 3.05) is 4.90 Å². The molecular formula is C20H22N4OS2. The number of thiophene rings is 1. The van der Waals surface area contributed by atoms with Crippen molar-refractivity contribution < 1.29 is 4.79 Å². The third-order valence-electron chi connectivity index (χ3n) is 4.85. The lowest BCUT2D eigenvalue weighted by atomic mass is 10.1. The predicted molar refractivity (Wildman–Crippen MR) is 111 cm³/mol. The summed E-state index contributed by atoms with van der Waals surface area (Å²) in [6.07, 6.45) is 0.910. The highest BCUT2D eigenvalue weighted by molar-refractivity contribution is 8.00. The van der Waals surface area contributed by atoms with Crippen molar-refractivity contribution in [2.24, 2.45) is 0 Å². The van der Waals surface area contributed by atoms with E-state index in [1.807, 2.05) is 47.5 Å². The molecule has 0 unspecified atom stereocenters. The molecule has 0 spiro atoms. The average molecular weight is 399 g/mol. The summed E-state index contributed by atoms with van der Waals surface area (Å²) in [6.45, 7) is 6.92. The highest BCUT2D eigenvalue weighted by Crippen LogP contribution is 2.35. The second kappa shape index (κ2) is 7.48. The van der Waals surface area contributed by atoms with Crippen LogP contribution in [0.5, 0.6) is 0 Å². The van der Waals surface area contributed by atoms with E-state index < -0.39 is 0 Å². The number of anilines is 1. The van der Waals surface area contributed by atoms with Crippen molar-refractivity contribution in [3.63, 3.8) is 0 Å². The number of fused-ring (bicyclic) bond motifs is 1. The Morgan fingerprint density at radius 2 is 2.11 bits per heavy atom. The van der Waals surface area contributed by atoms with Gasteiger partial charge in [-0.15, -0.1) is 21.5 Å². The largest absolute Gasteiger partial charge is 0.308 e. The fraction of sp³-hybridized carbons (Fsp3) is 0.350. The van der Waals surface area contributed by atoms with Crippen LogP contribution >= 0.6 is 23.1 Å². The minimum atomic E-state index is -0.232. The van der Waals surface area contributed by atoms with E-state index in [-0.39, 0.29) is 17.2 Å². The van der Waals surface area contributed by atoms with E-state index in [0.717, 1.165) is 34.5 Å². The first-order valence-corrected chi connectivity index (χ1v) is 10.9. The van der Waals surface area contributed by atoms with E-state index in [0.29, 0.717) is 0 Å². The zero-order chi connectivity index (χ0) is 19.0. The molecule has 0 N–H and O–H groups in total. The molecule has 0 aliphatic carbocycles. The normalized spacial score (nSPS) is 17.1. The standard InChI is InChI=1S/C20H22N4OS2/c1-4-23-18(17-10-7-11-26-17)21-22-20(23)27-14(3)19(25)24-13(2)12-15-8-5-6-9-16(15)24/h5-11,13-14H,4,12H2,1-3H3/t13-,14-/m1/s1. The van der Waals surface area contributed by atoms with Crippen molar-refractivity contribution in [2.45, 2.75) is 50.2 Å². The van der Waals surface area contributed by atoms with Gasteiger partial charge in [0.2, 0.25) is 5.91 Å². The van der Waals surface area contributed by atoms with Crippen molar-refractivity contribution in [1.82, 2.24) is 14.8 Å². The molecule has 4 rings (SSSR count). The Morgan fingerprint density at radius 3 is 2.85 bits per heavy atom. The van der Waals surface area contributed by atoms with E-state index in [2.05, 4.69) is 34.7 Å². The molecule has 1 amide bonds. The molecule has 2 aromatic heterocycles. The summed E-state index contributed by atoms with van der Waals surface area (Å²) in [6, 6.07) is 12.4. The SMILES string of the molecule is CCn1c(S[C@H](C)C(=O)N2c3ccccc3C[C@H]2C)nnc1-c1cccs1. The summed E-state index contributed by atoms with van der Waals surface area (Å²) >= 11 is 3.14. The molecule has 7 heteroatoms. The Kier molecular flexibility index (Phi) is 5.06. The van der Waals surface area contributed by atoms with Crippen LogP contribution < -0.4 is 4.90 Å². The number of amides is 1. The van der Waals surface area contributed by atoms with Gasteiger partial charge in [-0.25, -0.2) is 0 Å². The lowest BCUT2D eigenvalue weighted by molar-refractivity contribution is -0.118. The van der Waals surface area contributed by atoms with Crippen molar-refractivity contribution in [1.29, 1.82) is 0 Å². The highest BCUT2D eigenvalue weighted by atomic mass is 32.2. The summed E-state index contributed by atoms with van der Waals surface area (Å²) in [5, 5.41) is 11.3. The highest BCUT2D eigenvalue weighted by Gasteiger charge is 2.34. The van der Waals surface area contributed by atoms with Crippen LogP contribution in [0.3, 0.4) is 0 Å². The number of aromatic nitrogens is 3. The van der Waals surface area contributed by atoms with Gasteiger partial charge in [-0.05, 0) is 50.3 Å². The molecule has 27 heavy (non-hydrogen) atoms. The van der Waals surface area contributed by atoms with Crippen LogP contribution in [0.15, 0.2) is 46.9 Å². The fourth-order valence-electron chi connectivity index (χ4n) is 3.55. The smallest absolute Gasteiger partial charge is 0.240 e. The number of nitrogens with zero attached hydrogens (tertiary/aromatic N) is 4. The molecule has 0 saturated carbocycles. The molecule has 1 aliphatic rings. The maximum Gasteiger partial charge on any atom is 0.240 e. The first-order chi connectivity index (χ1) is 13.1. The second-order valence-corrected chi connectivity index (χ2v) is 8.93. The summed E-state index contributed by atoms with van der Waals surface area (Å²) in [4.78, 5) is 16.2. The van der Waals surface area contributed by atoms with Gasteiger partial charge in [0.15, 0.2) is 11.0 Å². The van der Waals surface area contributed by atoms with Gasteiger partial charge < -0.3 is 9.47 Å². The van der Waals surface area contributed by atoms with Gasteiger partial charge in [-0.3, -0.25) is 4.79 Å². The number of thioether (sulfide) groups is 1. The van der Waals surface area contributed by atoms with Crippen LogP contribution in [0.4, 0.5) is 5.69 Å². The molecule has 0 radical (unpaired) electrons. The molecule has 5 nitrogen and oxygen atoms in total. The van der Waals surface area contributed by atoms with Crippen LogP contribution in [-0.4, -0.2) is 32.0 Å². The molecular weight excluding hydrogens is 376 g/mol. The van der Waals surface area contributed by atoms with Gasteiger partial charge in [0.25, 0.3) is 0 Å². The molecule has 140 valence electrons. The Labute approximate surface area is 167 Å². The van der Waals surface area contributed by atoms with Gasteiger partial charge in [0.05, 0.1) is 10.1 Å². The molecule has 0 bridgehead atoms. The lowest BCUT2D eigenvalue weighted by Gasteiger charge is -2.25. The van der Waals surface area contributed by atoms with Gasteiger partial charge in [-0.2, -0.15) is 0 Å².